The summed E-state index contributed by atoms with van der Waals surface area (Å²) in [7, 11) is 0. The number of ether oxygens (including phenoxy) is 1. The van der Waals surface area contributed by atoms with Gasteiger partial charge in [-0.25, -0.2) is 0 Å². The number of ketones is 1. The maximum atomic E-state index is 13.4. The van der Waals surface area contributed by atoms with Gasteiger partial charge in [-0.3, -0.25) is 9.59 Å². The van der Waals surface area contributed by atoms with Gasteiger partial charge in [-0.1, -0.05) is 33.6 Å². The van der Waals surface area contributed by atoms with Crippen LogP contribution in [0.2, 0.25) is 0 Å². The summed E-state index contributed by atoms with van der Waals surface area (Å²) in [6, 6.07) is 0. The van der Waals surface area contributed by atoms with Gasteiger partial charge < -0.3 is 14.9 Å². The van der Waals surface area contributed by atoms with Gasteiger partial charge in [0, 0.05) is 12.3 Å². The highest BCUT2D eigenvalue weighted by Gasteiger charge is 2.67. The van der Waals surface area contributed by atoms with Crippen molar-refractivity contribution in [1.29, 1.82) is 0 Å². The second-order valence-corrected chi connectivity index (χ2v) is 13.6. The maximum absolute atomic E-state index is 13.4. The van der Waals surface area contributed by atoms with Crippen molar-refractivity contribution in [2.24, 2.45) is 40.4 Å². The van der Waals surface area contributed by atoms with Crippen molar-refractivity contribution in [2.75, 3.05) is 0 Å². The van der Waals surface area contributed by atoms with Crippen LogP contribution in [-0.2, 0) is 14.3 Å². The smallest absolute Gasteiger partial charge is 0.303 e. The standard InChI is InChI=1S/C29H48O5/c1-18(8-7-14-26(3,4)32)21-9-10-22-20-11-17-29(33)25(31)24(34-19(2)30)13-16-28(29,6)23(20)12-15-27(21,22)5/h18,20-24,32-33H,7-17H2,1-6H3/t18-,20+,21-,22+,23+,24+,27-,28-,29?/m1/s1. The highest BCUT2D eigenvalue weighted by atomic mass is 16.5. The van der Waals surface area contributed by atoms with Crippen molar-refractivity contribution >= 4 is 11.8 Å². The van der Waals surface area contributed by atoms with E-state index < -0.39 is 28.7 Å². The van der Waals surface area contributed by atoms with Crippen LogP contribution in [0.3, 0.4) is 0 Å². The predicted octanol–water partition coefficient (Wildman–Crippen LogP) is 5.45. The van der Waals surface area contributed by atoms with Crippen LogP contribution in [0.5, 0.6) is 0 Å². The van der Waals surface area contributed by atoms with Gasteiger partial charge in [-0.15, -0.1) is 0 Å². The number of Topliss-reactive ketones (excluding diaryl/α,β-unsaturated/α-hetero) is 1. The number of rotatable bonds is 6. The molecular formula is C29H48O5. The molecule has 2 N–H and O–H groups in total. The Morgan fingerprint density at radius 3 is 2.44 bits per heavy atom. The first kappa shape index (κ1) is 26.1. The Balaban J connectivity index is 1.49. The van der Waals surface area contributed by atoms with Crippen LogP contribution in [0, 0.1) is 40.4 Å². The topological polar surface area (TPSA) is 83.8 Å². The first-order valence-electron chi connectivity index (χ1n) is 13.9. The lowest BCUT2D eigenvalue weighted by Crippen LogP contribution is -2.67. The average molecular weight is 477 g/mol. The Bertz CT molecular complexity index is 801. The van der Waals surface area contributed by atoms with Crippen molar-refractivity contribution in [1.82, 2.24) is 0 Å². The summed E-state index contributed by atoms with van der Waals surface area (Å²) in [5.74, 6) is 2.26. The molecule has 0 bridgehead atoms. The van der Waals surface area contributed by atoms with E-state index in [0.717, 1.165) is 38.0 Å². The molecule has 4 fully saturated rings. The third-order valence-electron chi connectivity index (χ3n) is 11.2. The monoisotopic (exact) mass is 476 g/mol. The minimum Gasteiger partial charge on any atom is -0.454 e. The summed E-state index contributed by atoms with van der Waals surface area (Å²) in [6.45, 7) is 12.3. The normalized spacial score (nSPS) is 45.2. The highest BCUT2D eigenvalue weighted by Crippen LogP contribution is 2.68. The third-order valence-corrected chi connectivity index (χ3v) is 11.2. The summed E-state index contributed by atoms with van der Waals surface area (Å²) in [4.78, 5) is 24.9. The van der Waals surface area contributed by atoms with Crippen LogP contribution in [0.25, 0.3) is 0 Å². The van der Waals surface area contributed by atoms with E-state index in [-0.39, 0.29) is 5.78 Å². The largest absolute Gasteiger partial charge is 0.454 e. The lowest BCUT2D eigenvalue weighted by atomic mass is 9.42. The fourth-order valence-electron chi connectivity index (χ4n) is 9.42. The minimum absolute atomic E-state index is 0.257. The first-order chi connectivity index (χ1) is 15.7. The Morgan fingerprint density at radius 1 is 1.09 bits per heavy atom. The minimum atomic E-state index is -1.37. The summed E-state index contributed by atoms with van der Waals surface area (Å²) < 4.78 is 5.31. The van der Waals surface area contributed by atoms with Gasteiger partial charge in [0.2, 0.25) is 5.78 Å². The van der Waals surface area contributed by atoms with Crippen LogP contribution in [-0.4, -0.2) is 39.3 Å². The molecule has 0 saturated heterocycles. The van der Waals surface area contributed by atoms with Gasteiger partial charge >= 0.3 is 5.97 Å². The Morgan fingerprint density at radius 2 is 1.79 bits per heavy atom. The number of hydrogen-bond donors (Lipinski definition) is 2. The Hall–Kier alpha value is -0.940. The first-order valence-corrected chi connectivity index (χ1v) is 13.9. The zero-order chi connectivity index (χ0) is 25.1. The summed E-state index contributed by atoms with van der Waals surface area (Å²) in [6.07, 6.45) is 9.78. The summed E-state index contributed by atoms with van der Waals surface area (Å²) in [5, 5.41) is 21.9. The van der Waals surface area contributed by atoms with E-state index in [4.69, 9.17) is 4.74 Å². The van der Waals surface area contributed by atoms with Crippen LogP contribution in [0.1, 0.15) is 112 Å². The Kier molecular flexibility index (Phi) is 6.82. The summed E-state index contributed by atoms with van der Waals surface area (Å²) in [5.41, 5.74) is -2.05. The molecule has 0 aromatic carbocycles. The number of aliphatic hydroxyl groups is 2. The van der Waals surface area contributed by atoms with E-state index in [0.29, 0.717) is 41.9 Å². The second-order valence-electron chi connectivity index (χ2n) is 13.6. The average Bonchev–Trinajstić information content (AvgIpc) is 3.08. The van der Waals surface area contributed by atoms with E-state index in [1.165, 1.54) is 32.6 Å². The molecule has 4 aliphatic carbocycles. The molecule has 0 amide bonds. The van der Waals surface area contributed by atoms with E-state index in [2.05, 4.69) is 20.8 Å². The molecule has 4 rings (SSSR count). The van der Waals surface area contributed by atoms with Crippen molar-refractivity contribution in [2.45, 2.75) is 129 Å². The van der Waals surface area contributed by atoms with Crippen molar-refractivity contribution in [3.05, 3.63) is 0 Å². The zero-order valence-electron chi connectivity index (χ0n) is 22.4. The molecule has 0 aromatic heterocycles. The molecule has 0 aliphatic heterocycles. The van der Waals surface area contributed by atoms with Crippen LogP contribution < -0.4 is 0 Å². The molecule has 5 heteroatoms. The van der Waals surface area contributed by atoms with Gasteiger partial charge in [-0.05, 0) is 107 Å². The number of carbonyl (C=O) groups is 2. The molecular weight excluding hydrogens is 428 g/mol. The molecule has 0 aromatic rings. The molecule has 4 saturated carbocycles. The van der Waals surface area contributed by atoms with E-state index >= 15 is 0 Å². The molecule has 4 aliphatic rings. The number of esters is 1. The van der Waals surface area contributed by atoms with Crippen LogP contribution in [0.15, 0.2) is 0 Å². The molecule has 34 heavy (non-hydrogen) atoms. The van der Waals surface area contributed by atoms with Gasteiger partial charge in [0.05, 0.1) is 5.60 Å². The lowest BCUT2D eigenvalue weighted by Gasteiger charge is -2.63. The Labute approximate surface area is 206 Å². The van der Waals surface area contributed by atoms with Crippen LogP contribution >= 0.6 is 0 Å². The van der Waals surface area contributed by atoms with Crippen LogP contribution in [0.4, 0.5) is 0 Å². The predicted molar refractivity (Wildman–Crippen MR) is 132 cm³/mol. The van der Waals surface area contributed by atoms with Gasteiger partial charge in [-0.2, -0.15) is 0 Å². The zero-order valence-corrected chi connectivity index (χ0v) is 22.4. The molecule has 194 valence electrons. The molecule has 0 heterocycles. The molecule has 5 nitrogen and oxygen atoms in total. The maximum Gasteiger partial charge on any atom is 0.303 e. The SMILES string of the molecule is CC(=O)O[C@H]1CC[C@]2(C)[C@H]3CC[C@]4(C)[C@@H]([C@H](C)CCCC(C)(C)O)CC[C@H]4[C@@H]3CCC2(O)C1=O. The van der Waals surface area contributed by atoms with E-state index in [1.807, 2.05) is 13.8 Å². The summed E-state index contributed by atoms with van der Waals surface area (Å²) >= 11 is 0. The number of carbonyl (C=O) groups excluding carboxylic acids is 2. The van der Waals surface area contributed by atoms with Gasteiger partial charge in [0.1, 0.15) is 5.60 Å². The molecule has 1 unspecified atom stereocenters. The molecule has 0 radical (unpaired) electrons. The second kappa shape index (κ2) is 8.87. The van der Waals surface area contributed by atoms with Crippen molar-refractivity contribution < 1.29 is 24.5 Å². The number of fused-ring (bicyclic) bond motifs is 5. The van der Waals surface area contributed by atoms with Crippen molar-refractivity contribution in [3.63, 3.8) is 0 Å². The fourth-order valence-corrected chi connectivity index (χ4v) is 9.42. The highest BCUT2D eigenvalue weighted by molar-refractivity contribution is 5.94. The van der Waals surface area contributed by atoms with Crippen molar-refractivity contribution in [3.8, 4) is 0 Å². The van der Waals surface area contributed by atoms with Gasteiger partial charge in [0.15, 0.2) is 6.10 Å². The molecule has 9 atom stereocenters. The third kappa shape index (κ3) is 4.17. The van der Waals surface area contributed by atoms with E-state index in [1.54, 1.807) is 0 Å². The quantitative estimate of drug-likeness (QED) is 0.498. The lowest BCUT2D eigenvalue weighted by molar-refractivity contribution is -0.216. The van der Waals surface area contributed by atoms with Gasteiger partial charge in [0.25, 0.3) is 0 Å². The fraction of sp³-hybridized carbons (Fsp3) is 0.931. The number of hydrogen-bond acceptors (Lipinski definition) is 5. The molecule has 0 spiro atoms. The van der Waals surface area contributed by atoms with E-state index in [9.17, 15) is 19.8 Å².